The Morgan fingerprint density at radius 1 is 1.06 bits per heavy atom. The molecule has 0 aliphatic rings. The topological polar surface area (TPSA) is 38.0 Å². The standard InChI is InChI=1S/C13H11Cl2FN2/c1-7-2-3-8(14)12(4-7)18-13-6-10(16)9(15)5-11(13)17/h2-6,18H,17H2,1H3. The van der Waals surface area contributed by atoms with Gasteiger partial charge in [0, 0.05) is 6.07 Å². The Kier molecular flexibility index (Phi) is 3.64. The summed E-state index contributed by atoms with van der Waals surface area (Å²) in [6.45, 7) is 1.94. The van der Waals surface area contributed by atoms with Gasteiger partial charge in [-0.2, -0.15) is 0 Å². The Labute approximate surface area is 115 Å². The number of benzene rings is 2. The van der Waals surface area contributed by atoms with E-state index in [2.05, 4.69) is 5.32 Å². The average molecular weight is 285 g/mol. The van der Waals surface area contributed by atoms with Crippen molar-refractivity contribution in [1.29, 1.82) is 0 Å². The van der Waals surface area contributed by atoms with Crippen LogP contribution in [0.5, 0.6) is 0 Å². The lowest BCUT2D eigenvalue weighted by Crippen LogP contribution is -1.98. The third-order valence-corrected chi connectivity index (χ3v) is 3.10. The Morgan fingerprint density at radius 2 is 1.78 bits per heavy atom. The van der Waals surface area contributed by atoms with Gasteiger partial charge in [-0.1, -0.05) is 29.3 Å². The molecule has 2 aromatic carbocycles. The Balaban J connectivity index is 2.40. The molecule has 0 unspecified atom stereocenters. The molecule has 18 heavy (non-hydrogen) atoms. The Bertz CT molecular complexity index is 600. The number of hydrogen-bond acceptors (Lipinski definition) is 2. The van der Waals surface area contributed by atoms with E-state index in [1.807, 2.05) is 19.1 Å². The molecule has 0 radical (unpaired) electrons. The summed E-state index contributed by atoms with van der Waals surface area (Å²) in [6, 6.07) is 8.12. The third-order valence-electron chi connectivity index (χ3n) is 2.48. The largest absolute Gasteiger partial charge is 0.397 e. The number of halogens is 3. The van der Waals surface area contributed by atoms with E-state index in [9.17, 15) is 4.39 Å². The van der Waals surface area contributed by atoms with E-state index >= 15 is 0 Å². The van der Waals surface area contributed by atoms with Gasteiger partial charge in [-0.3, -0.25) is 0 Å². The maximum absolute atomic E-state index is 13.4. The molecule has 0 aliphatic carbocycles. The highest BCUT2D eigenvalue weighted by molar-refractivity contribution is 6.33. The summed E-state index contributed by atoms with van der Waals surface area (Å²) in [5, 5.41) is 3.53. The molecule has 94 valence electrons. The molecule has 2 nitrogen and oxygen atoms in total. The lowest BCUT2D eigenvalue weighted by atomic mass is 10.2. The molecule has 0 aliphatic heterocycles. The summed E-state index contributed by atoms with van der Waals surface area (Å²) in [4.78, 5) is 0. The molecule has 0 spiro atoms. The second-order valence-electron chi connectivity index (χ2n) is 3.96. The lowest BCUT2D eigenvalue weighted by molar-refractivity contribution is 0.629. The van der Waals surface area contributed by atoms with Crippen molar-refractivity contribution in [2.24, 2.45) is 0 Å². The zero-order chi connectivity index (χ0) is 13.3. The molecular formula is C13H11Cl2FN2. The summed E-state index contributed by atoms with van der Waals surface area (Å²) in [7, 11) is 0. The van der Waals surface area contributed by atoms with E-state index in [4.69, 9.17) is 28.9 Å². The molecule has 3 N–H and O–H groups in total. The van der Waals surface area contributed by atoms with E-state index < -0.39 is 5.82 Å². The number of aryl methyl sites for hydroxylation is 1. The van der Waals surface area contributed by atoms with Gasteiger partial charge < -0.3 is 11.1 Å². The molecule has 2 aromatic rings. The van der Waals surface area contributed by atoms with Gasteiger partial charge in [-0.25, -0.2) is 4.39 Å². The van der Waals surface area contributed by atoms with Crippen LogP contribution in [0.25, 0.3) is 0 Å². The molecule has 2 rings (SSSR count). The third kappa shape index (κ3) is 2.68. The molecule has 0 amide bonds. The number of nitrogen functional groups attached to an aromatic ring is 1. The molecule has 0 fully saturated rings. The van der Waals surface area contributed by atoms with Crippen LogP contribution in [-0.2, 0) is 0 Å². The van der Waals surface area contributed by atoms with Gasteiger partial charge in [0.2, 0.25) is 0 Å². The summed E-state index contributed by atoms with van der Waals surface area (Å²) < 4.78 is 13.4. The highest BCUT2D eigenvalue weighted by Gasteiger charge is 2.08. The quantitative estimate of drug-likeness (QED) is 0.780. The SMILES string of the molecule is Cc1ccc(Cl)c(Nc2cc(F)c(Cl)cc2N)c1. The molecule has 0 saturated carbocycles. The van der Waals surface area contributed by atoms with Crippen LogP contribution in [0.4, 0.5) is 21.5 Å². The molecule has 0 atom stereocenters. The predicted molar refractivity (Wildman–Crippen MR) is 75.3 cm³/mol. The fraction of sp³-hybridized carbons (Fsp3) is 0.0769. The van der Waals surface area contributed by atoms with Crippen molar-refractivity contribution >= 4 is 40.3 Å². The van der Waals surface area contributed by atoms with Crippen LogP contribution in [0, 0.1) is 12.7 Å². The van der Waals surface area contributed by atoms with Gasteiger partial charge in [0.05, 0.1) is 27.1 Å². The van der Waals surface area contributed by atoms with Crippen LogP contribution < -0.4 is 11.1 Å². The first-order valence-corrected chi connectivity index (χ1v) is 6.00. The average Bonchev–Trinajstić information content (AvgIpc) is 2.30. The Morgan fingerprint density at radius 3 is 2.50 bits per heavy atom. The summed E-state index contributed by atoms with van der Waals surface area (Å²) in [5.74, 6) is -0.530. The van der Waals surface area contributed by atoms with Gasteiger partial charge in [-0.15, -0.1) is 0 Å². The van der Waals surface area contributed by atoms with E-state index in [1.54, 1.807) is 6.07 Å². The summed E-state index contributed by atoms with van der Waals surface area (Å²) >= 11 is 11.7. The maximum Gasteiger partial charge on any atom is 0.144 e. The molecule has 0 heterocycles. The minimum atomic E-state index is -0.530. The van der Waals surface area contributed by atoms with Gasteiger partial charge >= 0.3 is 0 Å². The van der Waals surface area contributed by atoms with Crippen molar-refractivity contribution in [3.63, 3.8) is 0 Å². The smallest absolute Gasteiger partial charge is 0.144 e. The maximum atomic E-state index is 13.4. The van der Waals surface area contributed by atoms with Crippen molar-refractivity contribution in [3.8, 4) is 0 Å². The number of anilines is 3. The lowest BCUT2D eigenvalue weighted by Gasteiger charge is -2.12. The van der Waals surface area contributed by atoms with E-state index in [-0.39, 0.29) is 5.02 Å². The highest BCUT2D eigenvalue weighted by Crippen LogP contribution is 2.32. The van der Waals surface area contributed by atoms with Crippen LogP contribution in [0.15, 0.2) is 30.3 Å². The van der Waals surface area contributed by atoms with E-state index in [1.165, 1.54) is 12.1 Å². The van der Waals surface area contributed by atoms with Crippen molar-refractivity contribution < 1.29 is 4.39 Å². The first kappa shape index (κ1) is 13.0. The fourth-order valence-electron chi connectivity index (χ4n) is 1.55. The normalized spacial score (nSPS) is 10.4. The van der Waals surface area contributed by atoms with Gasteiger partial charge in [-0.05, 0) is 30.7 Å². The molecule has 0 saturated heterocycles. The number of nitrogens with two attached hydrogens (primary N) is 1. The monoisotopic (exact) mass is 284 g/mol. The van der Waals surface area contributed by atoms with Gasteiger partial charge in [0.25, 0.3) is 0 Å². The van der Waals surface area contributed by atoms with Crippen LogP contribution in [-0.4, -0.2) is 0 Å². The fourth-order valence-corrected chi connectivity index (χ4v) is 1.89. The highest BCUT2D eigenvalue weighted by atomic mass is 35.5. The molecular weight excluding hydrogens is 274 g/mol. The number of hydrogen-bond donors (Lipinski definition) is 2. The van der Waals surface area contributed by atoms with Crippen LogP contribution in [0.1, 0.15) is 5.56 Å². The molecule has 0 bridgehead atoms. The molecule has 0 aromatic heterocycles. The molecule has 5 heteroatoms. The van der Waals surface area contributed by atoms with Gasteiger partial charge in [0.1, 0.15) is 5.82 Å². The van der Waals surface area contributed by atoms with Crippen molar-refractivity contribution in [2.45, 2.75) is 6.92 Å². The van der Waals surface area contributed by atoms with Crippen LogP contribution >= 0.6 is 23.2 Å². The predicted octanol–water partition coefficient (Wildman–Crippen LogP) is 4.77. The van der Waals surface area contributed by atoms with Crippen LogP contribution in [0.2, 0.25) is 10.0 Å². The minimum Gasteiger partial charge on any atom is -0.397 e. The van der Waals surface area contributed by atoms with E-state index in [0.29, 0.717) is 22.1 Å². The number of rotatable bonds is 2. The second kappa shape index (κ2) is 5.04. The van der Waals surface area contributed by atoms with E-state index in [0.717, 1.165) is 5.56 Å². The number of nitrogens with one attached hydrogen (secondary N) is 1. The van der Waals surface area contributed by atoms with Gasteiger partial charge in [0.15, 0.2) is 0 Å². The Hall–Kier alpha value is -1.45. The first-order chi connectivity index (χ1) is 8.47. The van der Waals surface area contributed by atoms with Crippen molar-refractivity contribution in [2.75, 3.05) is 11.1 Å². The zero-order valence-electron chi connectivity index (χ0n) is 9.60. The summed E-state index contributed by atoms with van der Waals surface area (Å²) in [5.41, 5.74) is 8.27. The minimum absolute atomic E-state index is 0.00612. The second-order valence-corrected chi connectivity index (χ2v) is 4.78. The van der Waals surface area contributed by atoms with Crippen molar-refractivity contribution in [3.05, 3.63) is 51.8 Å². The zero-order valence-corrected chi connectivity index (χ0v) is 11.1. The summed E-state index contributed by atoms with van der Waals surface area (Å²) in [6.07, 6.45) is 0. The van der Waals surface area contributed by atoms with Crippen molar-refractivity contribution in [1.82, 2.24) is 0 Å². The van der Waals surface area contributed by atoms with Crippen LogP contribution in [0.3, 0.4) is 0 Å². The first-order valence-electron chi connectivity index (χ1n) is 5.25.